The Balaban J connectivity index is 2.24. The molecule has 0 saturated carbocycles. The molecule has 0 aromatic heterocycles. The standard InChI is InChI=1S/C16H15ClN2O3/c1-2-15(11-6-4-3-5-7-11)18-16(20)13-10-12(19(21)22)8-9-14(13)17/h3-10,15H,2H2,1H3,(H,18,20). The minimum Gasteiger partial charge on any atom is -0.345 e. The van der Waals surface area contributed by atoms with Gasteiger partial charge >= 0.3 is 0 Å². The third-order valence-electron chi connectivity index (χ3n) is 3.32. The lowest BCUT2D eigenvalue weighted by Crippen LogP contribution is -2.28. The lowest BCUT2D eigenvalue weighted by Gasteiger charge is -2.17. The predicted molar refractivity (Wildman–Crippen MR) is 85.0 cm³/mol. The fourth-order valence-electron chi connectivity index (χ4n) is 2.14. The number of carbonyl (C=O) groups is 1. The van der Waals surface area contributed by atoms with E-state index < -0.39 is 10.8 Å². The van der Waals surface area contributed by atoms with Crippen molar-refractivity contribution >= 4 is 23.2 Å². The van der Waals surface area contributed by atoms with Crippen LogP contribution in [-0.2, 0) is 0 Å². The summed E-state index contributed by atoms with van der Waals surface area (Å²) < 4.78 is 0. The maximum Gasteiger partial charge on any atom is 0.270 e. The van der Waals surface area contributed by atoms with Gasteiger partial charge in [-0.2, -0.15) is 0 Å². The van der Waals surface area contributed by atoms with Crippen LogP contribution in [0.25, 0.3) is 0 Å². The van der Waals surface area contributed by atoms with Crippen molar-refractivity contribution in [3.63, 3.8) is 0 Å². The van der Waals surface area contributed by atoms with Crippen molar-refractivity contribution < 1.29 is 9.72 Å². The Morgan fingerprint density at radius 2 is 1.95 bits per heavy atom. The smallest absolute Gasteiger partial charge is 0.270 e. The Hall–Kier alpha value is -2.40. The summed E-state index contributed by atoms with van der Waals surface area (Å²) in [6.07, 6.45) is 0.697. The zero-order valence-corrected chi connectivity index (χ0v) is 12.7. The number of halogens is 1. The number of nitro benzene ring substituents is 1. The van der Waals surface area contributed by atoms with Crippen molar-refractivity contribution in [2.45, 2.75) is 19.4 Å². The van der Waals surface area contributed by atoms with Crippen LogP contribution in [0.1, 0.15) is 35.3 Å². The second-order valence-electron chi connectivity index (χ2n) is 4.77. The number of hydrogen-bond donors (Lipinski definition) is 1. The van der Waals surface area contributed by atoms with Gasteiger partial charge in [-0.1, -0.05) is 48.9 Å². The molecule has 0 heterocycles. The maximum absolute atomic E-state index is 12.4. The molecule has 0 aliphatic rings. The van der Waals surface area contributed by atoms with Crippen molar-refractivity contribution in [1.82, 2.24) is 5.32 Å². The first kappa shape index (κ1) is 16.0. The molecule has 0 radical (unpaired) electrons. The Kier molecular flexibility index (Phi) is 5.12. The van der Waals surface area contributed by atoms with Crippen LogP contribution >= 0.6 is 11.6 Å². The molecule has 0 aliphatic heterocycles. The Labute approximate surface area is 133 Å². The molecule has 0 bridgehead atoms. The monoisotopic (exact) mass is 318 g/mol. The highest BCUT2D eigenvalue weighted by atomic mass is 35.5. The number of nitrogens with zero attached hydrogens (tertiary/aromatic N) is 1. The van der Waals surface area contributed by atoms with Gasteiger partial charge in [-0.05, 0) is 18.1 Å². The van der Waals surface area contributed by atoms with Crippen LogP contribution in [-0.4, -0.2) is 10.8 Å². The van der Waals surface area contributed by atoms with Gasteiger partial charge in [0.2, 0.25) is 0 Å². The van der Waals surface area contributed by atoms with E-state index in [0.29, 0.717) is 6.42 Å². The van der Waals surface area contributed by atoms with Gasteiger partial charge in [-0.15, -0.1) is 0 Å². The maximum atomic E-state index is 12.4. The van der Waals surface area contributed by atoms with E-state index in [2.05, 4.69) is 5.32 Å². The van der Waals surface area contributed by atoms with E-state index in [1.54, 1.807) is 0 Å². The number of amides is 1. The number of nitrogens with one attached hydrogen (secondary N) is 1. The highest BCUT2D eigenvalue weighted by Gasteiger charge is 2.19. The van der Waals surface area contributed by atoms with Gasteiger partial charge in [0.1, 0.15) is 0 Å². The normalized spacial score (nSPS) is 11.7. The number of hydrogen-bond acceptors (Lipinski definition) is 3. The summed E-state index contributed by atoms with van der Waals surface area (Å²) in [5, 5.41) is 13.9. The fourth-order valence-corrected chi connectivity index (χ4v) is 2.35. The summed E-state index contributed by atoms with van der Waals surface area (Å²) in [5.74, 6) is -0.426. The first-order valence-electron chi connectivity index (χ1n) is 6.82. The first-order valence-corrected chi connectivity index (χ1v) is 7.20. The molecular weight excluding hydrogens is 304 g/mol. The SMILES string of the molecule is CCC(NC(=O)c1cc([N+](=O)[O-])ccc1Cl)c1ccccc1. The lowest BCUT2D eigenvalue weighted by molar-refractivity contribution is -0.384. The van der Waals surface area contributed by atoms with Gasteiger partial charge in [0.05, 0.1) is 21.6 Å². The number of benzene rings is 2. The van der Waals surface area contributed by atoms with Crippen LogP contribution in [0.15, 0.2) is 48.5 Å². The summed E-state index contributed by atoms with van der Waals surface area (Å²) in [7, 11) is 0. The second kappa shape index (κ2) is 7.04. The fraction of sp³-hybridized carbons (Fsp3) is 0.188. The molecule has 2 aromatic rings. The zero-order valence-electron chi connectivity index (χ0n) is 12.0. The Morgan fingerprint density at radius 3 is 2.55 bits per heavy atom. The van der Waals surface area contributed by atoms with Crippen molar-refractivity contribution in [3.8, 4) is 0 Å². The summed E-state index contributed by atoms with van der Waals surface area (Å²) in [6.45, 7) is 1.95. The van der Waals surface area contributed by atoms with E-state index in [0.717, 1.165) is 5.56 Å². The molecule has 114 valence electrons. The van der Waals surface area contributed by atoms with Gasteiger partial charge < -0.3 is 5.32 Å². The summed E-state index contributed by atoms with van der Waals surface area (Å²) in [5.41, 5.74) is 0.910. The molecule has 6 heteroatoms. The van der Waals surface area contributed by atoms with E-state index >= 15 is 0 Å². The quantitative estimate of drug-likeness (QED) is 0.665. The average Bonchev–Trinajstić information content (AvgIpc) is 2.53. The van der Waals surface area contributed by atoms with Gasteiger partial charge in [0, 0.05) is 12.1 Å². The summed E-state index contributed by atoms with van der Waals surface area (Å²) in [6, 6.07) is 13.2. The summed E-state index contributed by atoms with van der Waals surface area (Å²) in [4.78, 5) is 22.6. The van der Waals surface area contributed by atoms with E-state index in [9.17, 15) is 14.9 Å². The van der Waals surface area contributed by atoms with Gasteiger partial charge in [-0.3, -0.25) is 14.9 Å². The predicted octanol–water partition coefficient (Wildman–Crippen LogP) is 4.13. The van der Waals surface area contributed by atoms with E-state index in [4.69, 9.17) is 11.6 Å². The minimum atomic E-state index is -0.554. The third kappa shape index (κ3) is 3.62. The molecule has 22 heavy (non-hydrogen) atoms. The van der Waals surface area contributed by atoms with Gasteiger partial charge in [0.25, 0.3) is 11.6 Å². The first-order chi connectivity index (χ1) is 10.5. The van der Waals surface area contributed by atoms with Crippen LogP contribution in [0.4, 0.5) is 5.69 Å². The highest BCUT2D eigenvalue weighted by molar-refractivity contribution is 6.33. The minimum absolute atomic E-state index is 0.102. The van der Waals surface area contributed by atoms with Crippen LogP contribution in [0.2, 0.25) is 5.02 Å². The largest absolute Gasteiger partial charge is 0.345 e. The van der Waals surface area contributed by atoms with E-state index in [-0.39, 0.29) is 22.3 Å². The molecule has 2 rings (SSSR count). The van der Waals surface area contributed by atoms with Crippen molar-refractivity contribution in [2.75, 3.05) is 0 Å². The zero-order chi connectivity index (χ0) is 16.1. The van der Waals surface area contributed by atoms with Crippen LogP contribution in [0.5, 0.6) is 0 Å². The number of non-ortho nitro benzene ring substituents is 1. The molecule has 0 spiro atoms. The number of nitro groups is 1. The molecule has 2 aromatic carbocycles. The van der Waals surface area contributed by atoms with E-state index in [1.165, 1.54) is 18.2 Å². The van der Waals surface area contributed by atoms with Crippen molar-refractivity contribution in [2.24, 2.45) is 0 Å². The second-order valence-corrected chi connectivity index (χ2v) is 5.17. The van der Waals surface area contributed by atoms with Gasteiger partial charge in [0.15, 0.2) is 0 Å². The molecule has 0 fully saturated rings. The van der Waals surface area contributed by atoms with E-state index in [1.807, 2.05) is 37.3 Å². The average molecular weight is 319 g/mol. The topological polar surface area (TPSA) is 72.2 Å². The molecular formula is C16H15ClN2O3. The molecule has 1 atom stereocenters. The van der Waals surface area contributed by atoms with Crippen molar-refractivity contribution in [3.05, 3.63) is 74.8 Å². The highest BCUT2D eigenvalue weighted by Crippen LogP contribution is 2.23. The third-order valence-corrected chi connectivity index (χ3v) is 3.65. The Bertz CT molecular complexity index is 689. The molecule has 1 unspecified atom stereocenters. The number of rotatable bonds is 5. The van der Waals surface area contributed by atoms with Crippen LogP contribution in [0, 0.1) is 10.1 Å². The summed E-state index contributed by atoms with van der Waals surface area (Å²) >= 11 is 5.98. The van der Waals surface area contributed by atoms with Crippen molar-refractivity contribution in [1.29, 1.82) is 0 Å². The molecule has 1 amide bonds. The molecule has 0 aliphatic carbocycles. The van der Waals surface area contributed by atoms with Gasteiger partial charge in [-0.25, -0.2) is 0 Å². The van der Waals surface area contributed by atoms with Crippen LogP contribution in [0.3, 0.4) is 0 Å². The molecule has 1 N–H and O–H groups in total. The molecule has 0 saturated heterocycles. The molecule has 5 nitrogen and oxygen atoms in total. The lowest BCUT2D eigenvalue weighted by atomic mass is 10.0. The number of carbonyl (C=O) groups excluding carboxylic acids is 1. The Morgan fingerprint density at radius 1 is 1.27 bits per heavy atom. The van der Waals surface area contributed by atoms with Crippen LogP contribution < -0.4 is 5.32 Å².